The zero-order valence-corrected chi connectivity index (χ0v) is 11.8. The number of nitrogens with zero attached hydrogens (tertiary/aromatic N) is 1. The van der Waals surface area contributed by atoms with Crippen LogP contribution in [0.4, 0.5) is 5.69 Å². The zero-order chi connectivity index (χ0) is 14.0. The van der Waals surface area contributed by atoms with Crippen molar-refractivity contribution in [2.45, 2.75) is 20.8 Å². The van der Waals surface area contributed by atoms with Crippen LogP contribution >= 0.6 is 0 Å². The molecule has 1 heterocycles. The van der Waals surface area contributed by atoms with Gasteiger partial charge in [0.25, 0.3) is 5.91 Å². The number of ether oxygens (including phenoxy) is 1. The van der Waals surface area contributed by atoms with Crippen LogP contribution in [-0.4, -0.2) is 30.5 Å². The zero-order valence-electron chi connectivity index (χ0n) is 11.8. The average Bonchev–Trinajstić information content (AvgIpc) is 2.70. The first-order valence-electron chi connectivity index (χ1n) is 6.85. The fourth-order valence-electron chi connectivity index (χ4n) is 2.51. The van der Waals surface area contributed by atoms with Crippen LogP contribution in [0.3, 0.4) is 0 Å². The summed E-state index contributed by atoms with van der Waals surface area (Å²) >= 11 is 0. The number of likely N-dealkylation sites (tertiary alicyclic amines) is 1. The lowest BCUT2D eigenvalue weighted by Gasteiger charge is -2.19. The Bertz CT molecular complexity index is 463. The van der Waals surface area contributed by atoms with Crippen LogP contribution in [0.5, 0.6) is 5.75 Å². The van der Waals surface area contributed by atoms with Gasteiger partial charge in [0, 0.05) is 18.8 Å². The molecule has 1 aliphatic rings. The summed E-state index contributed by atoms with van der Waals surface area (Å²) in [5.74, 6) is 1.63. The molecule has 2 N–H and O–H groups in total. The number of nitrogens with two attached hydrogens (primary N) is 1. The predicted molar refractivity (Wildman–Crippen MR) is 76.3 cm³/mol. The summed E-state index contributed by atoms with van der Waals surface area (Å²) in [5.41, 5.74) is 6.96. The van der Waals surface area contributed by atoms with Gasteiger partial charge in [0.15, 0.2) is 0 Å². The molecule has 2 rings (SSSR count). The third kappa shape index (κ3) is 2.67. The normalized spacial score (nSPS) is 22.6. The molecule has 0 aromatic heterocycles. The fourth-order valence-corrected chi connectivity index (χ4v) is 2.51. The van der Waals surface area contributed by atoms with Gasteiger partial charge < -0.3 is 15.4 Å². The van der Waals surface area contributed by atoms with Gasteiger partial charge in [-0.3, -0.25) is 4.79 Å². The first kappa shape index (κ1) is 13.7. The third-order valence-corrected chi connectivity index (χ3v) is 3.85. The van der Waals surface area contributed by atoms with E-state index in [4.69, 9.17) is 10.5 Å². The molecule has 0 radical (unpaired) electrons. The number of benzene rings is 1. The number of carbonyl (C=O) groups is 1. The van der Waals surface area contributed by atoms with E-state index in [1.807, 2.05) is 17.9 Å². The van der Waals surface area contributed by atoms with Gasteiger partial charge in [0.05, 0.1) is 6.61 Å². The Labute approximate surface area is 114 Å². The molecule has 104 valence electrons. The monoisotopic (exact) mass is 262 g/mol. The van der Waals surface area contributed by atoms with Crippen LogP contribution in [-0.2, 0) is 0 Å². The first-order valence-corrected chi connectivity index (χ1v) is 6.85. The summed E-state index contributed by atoms with van der Waals surface area (Å²) in [5, 5.41) is 0. The van der Waals surface area contributed by atoms with Crippen LogP contribution in [0.25, 0.3) is 0 Å². The molecule has 1 aromatic rings. The molecule has 1 aromatic carbocycles. The average molecular weight is 262 g/mol. The Morgan fingerprint density at radius 1 is 1.37 bits per heavy atom. The van der Waals surface area contributed by atoms with E-state index in [0.29, 0.717) is 35.4 Å². The molecular formula is C15H22N2O2. The number of amides is 1. The van der Waals surface area contributed by atoms with Gasteiger partial charge in [-0.25, -0.2) is 0 Å². The van der Waals surface area contributed by atoms with Crippen molar-refractivity contribution in [1.29, 1.82) is 0 Å². The molecular weight excluding hydrogens is 240 g/mol. The van der Waals surface area contributed by atoms with Gasteiger partial charge in [-0.1, -0.05) is 19.9 Å². The molecule has 0 saturated carbocycles. The fraction of sp³-hybridized carbons (Fsp3) is 0.533. The Hall–Kier alpha value is -1.71. The largest absolute Gasteiger partial charge is 0.493 e. The summed E-state index contributed by atoms with van der Waals surface area (Å²) in [7, 11) is 0. The lowest BCUT2D eigenvalue weighted by Crippen LogP contribution is -2.30. The van der Waals surface area contributed by atoms with E-state index in [1.165, 1.54) is 0 Å². The van der Waals surface area contributed by atoms with E-state index in [9.17, 15) is 4.79 Å². The van der Waals surface area contributed by atoms with E-state index in [1.54, 1.807) is 12.1 Å². The van der Waals surface area contributed by atoms with Gasteiger partial charge in [-0.2, -0.15) is 0 Å². The SMILES string of the molecule is CCOc1cccc(N)c1C(=O)N1CC(C)C(C)C1. The highest BCUT2D eigenvalue weighted by Crippen LogP contribution is 2.30. The van der Waals surface area contributed by atoms with Crippen LogP contribution < -0.4 is 10.5 Å². The highest BCUT2D eigenvalue weighted by atomic mass is 16.5. The Kier molecular flexibility index (Phi) is 3.98. The number of nitrogen functional groups attached to an aromatic ring is 1. The highest BCUT2D eigenvalue weighted by Gasteiger charge is 2.31. The van der Waals surface area contributed by atoms with Crippen LogP contribution in [0.15, 0.2) is 18.2 Å². The molecule has 19 heavy (non-hydrogen) atoms. The minimum Gasteiger partial charge on any atom is -0.493 e. The van der Waals surface area contributed by atoms with Crippen molar-refractivity contribution in [1.82, 2.24) is 4.90 Å². The number of anilines is 1. The van der Waals surface area contributed by atoms with Crippen molar-refractivity contribution >= 4 is 11.6 Å². The van der Waals surface area contributed by atoms with E-state index < -0.39 is 0 Å². The predicted octanol–water partition coefficient (Wildman–Crippen LogP) is 2.40. The van der Waals surface area contributed by atoms with Crippen molar-refractivity contribution < 1.29 is 9.53 Å². The smallest absolute Gasteiger partial charge is 0.259 e. The second kappa shape index (κ2) is 5.51. The van der Waals surface area contributed by atoms with Gasteiger partial charge in [-0.05, 0) is 30.9 Å². The van der Waals surface area contributed by atoms with Crippen LogP contribution in [0, 0.1) is 11.8 Å². The van der Waals surface area contributed by atoms with Gasteiger partial charge in [0.1, 0.15) is 11.3 Å². The third-order valence-electron chi connectivity index (χ3n) is 3.85. The number of hydrogen-bond donors (Lipinski definition) is 1. The minimum absolute atomic E-state index is 0.0160. The topological polar surface area (TPSA) is 55.6 Å². The van der Waals surface area contributed by atoms with Crippen molar-refractivity contribution in [3.8, 4) is 5.75 Å². The molecule has 1 fully saturated rings. The summed E-state index contributed by atoms with van der Waals surface area (Å²) in [6, 6.07) is 5.36. The molecule has 0 spiro atoms. The Morgan fingerprint density at radius 2 is 2.00 bits per heavy atom. The van der Waals surface area contributed by atoms with Crippen LogP contribution in [0.2, 0.25) is 0 Å². The van der Waals surface area contributed by atoms with Crippen molar-refractivity contribution in [2.75, 3.05) is 25.4 Å². The standard InChI is InChI=1S/C15H22N2O2/c1-4-19-13-7-5-6-12(16)14(13)15(18)17-8-10(2)11(3)9-17/h5-7,10-11H,4,8-9,16H2,1-3H3. The molecule has 4 heteroatoms. The van der Waals surface area contributed by atoms with E-state index in [0.717, 1.165) is 13.1 Å². The molecule has 0 aliphatic carbocycles. The Morgan fingerprint density at radius 3 is 2.58 bits per heavy atom. The lowest BCUT2D eigenvalue weighted by atomic mass is 10.0. The Balaban J connectivity index is 2.28. The highest BCUT2D eigenvalue weighted by molar-refractivity contribution is 6.02. The minimum atomic E-state index is -0.0160. The second-order valence-corrected chi connectivity index (χ2v) is 5.32. The molecule has 1 saturated heterocycles. The molecule has 0 bridgehead atoms. The van der Waals surface area contributed by atoms with E-state index >= 15 is 0 Å². The van der Waals surface area contributed by atoms with Crippen LogP contribution in [0.1, 0.15) is 31.1 Å². The van der Waals surface area contributed by atoms with Crippen molar-refractivity contribution in [3.05, 3.63) is 23.8 Å². The summed E-state index contributed by atoms with van der Waals surface area (Å²) < 4.78 is 5.52. The van der Waals surface area contributed by atoms with E-state index in [2.05, 4.69) is 13.8 Å². The van der Waals surface area contributed by atoms with Gasteiger partial charge in [-0.15, -0.1) is 0 Å². The summed E-state index contributed by atoms with van der Waals surface area (Å²) in [6.45, 7) is 8.36. The quantitative estimate of drug-likeness (QED) is 0.851. The van der Waals surface area contributed by atoms with Gasteiger partial charge >= 0.3 is 0 Å². The van der Waals surface area contributed by atoms with E-state index in [-0.39, 0.29) is 5.91 Å². The van der Waals surface area contributed by atoms with Crippen molar-refractivity contribution in [3.63, 3.8) is 0 Å². The maximum atomic E-state index is 12.6. The number of rotatable bonds is 3. The lowest BCUT2D eigenvalue weighted by molar-refractivity contribution is 0.0782. The number of carbonyl (C=O) groups excluding carboxylic acids is 1. The molecule has 2 unspecified atom stereocenters. The summed E-state index contributed by atoms with van der Waals surface area (Å²) in [4.78, 5) is 14.5. The molecule has 1 aliphatic heterocycles. The molecule has 2 atom stereocenters. The molecule has 1 amide bonds. The first-order chi connectivity index (χ1) is 9.04. The molecule has 4 nitrogen and oxygen atoms in total. The maximum absolute atomic E-state index is 12.6. The maximum Gasteiger partial charge on any atom is 0.259 e. The second-order valence-electron chi connectivity index (χ2n) is 5.32. The number of hydrogen-bond acceptors (Lipinski definition) is 3. The van der Waals surface area contributed by atoms with Crippen molar-refractivity contribution in [2.24, 2.45) is 11.8 Å². The summed E-state index contributed by atoms with van der Waals surface area (Å²) in [6.07, 6.45) is 0. The van der Waals surface area contributed by atoms with Gasteiger partial charge in [0.2, 0.25) is 0 Å².